The van der Waals surface area contributed by atoms with Crippen molar-refractivity contribution in [2.24, 2.45) is 10.8 Å². The van der Waals surface area contributed by atoms with E-state index in [-0.39, 0.29) is 16.3 Å². The monoisotopic (exact) mass is 265 g/mol. The van der Waals surface area contributed by atoms with E-state index >= 15 is 0 Å². The minimum atomic E-state index is 0.0749. The number of hydrogen-bond donors (Lipinski definition) is 1. The van der Waals surface area contributed by atoms with Crippen molar-refractivity contribution in [2.75, 3.05) is 0 Å². The van der Waals surface area contributed by atoms with Gasteiger partial charge in [-0.3, -0.25) is 0 Å². The molecule has 112 valence electrons. The van der Waals surface area contributed by atoms with Crippen LogP contribution in [-0.2, 0) is 0 Å². The second-order valence-electron chi connectivity index (χ2n) is 9.42. The summed E-state index contributed by atoms with van der Waals surface area (Å²) in [5.74, 6) is 0. The van der Waals surface area contributed by atoms with Crippen LogP contribution in [0.3, 0.4) is 0 Å². The van der Waals surface area contributed by atoms with Gasteiger partial charge in [0.15, 0.2) is 0 Å². The Labute approximate surface area is 122 Å². The smallest absolute Gasteiger partial charge is 0.129 e. The molecule has 19 heavy (non-hydrogen) atoms. The maximum atomic E-state index is 4.31. The summed E-state index contributed by atoms with van der Waals surface area (Å²) in [6, 6.07) is 0. The van der Waals surface area contributed by atoms with E-state index in [1.807, 2.05) is 0 Å². The van der Waals surface area contributed by atoms with Gasteiger partial charge < -0.3 is 5.32 Å². The van der Waals surface area contributed by atoms with Gasteiger partial charge in [-0.15, -0.1) is 0 Å². The second-order valence-corrected chi connectivity index (χ2v) is 9.42. The predicted octanol–water partition coefficient (Wildman–Crippen LogP) is 5.01. The maximum absolute atomic E-state index is 4.31. The summed E-state index contributed by atoms with van der Waals surface area (Å²) < 4.78 is 0. The minimum Gasteiger partial charge on any atom is -0.384 e. The van der Waals surface area contributed by atoms with Crippen LogP contribution in [0.2, 0.25) is 11.6 Å². The molecule has 0 aliphatic carbocycles. The van der Waals surface area contributed by atoms with E-state index in [1.165, 1.54) is 13.6 Å². The third-order valence-electron chi connectivity index (χ3n) is 4.47. The average molecular weight is 265 g/mol. The van der Waals surface area contributed by atoms with Crippen LogP contribution in [0, 0.1) is 10.8 Å². The third-order valence-corrected chi connectivity index (χ3v) is 4.47. The van der Waals surface area contributed by atoms with Crippen molar-refractivity contribution in [2.45, 2.75) is 86.4 Å². The van der Waals surface area contributed by atoms with Crippen LogP contribution in [-0.4, -0.2) is 12.8 Å². The molecule has 0 aliphatic heterocycles. The first-order chi connectivity index (χ1) is 8.08. The second kappa shape index (κ2) is 5.54. The fourth-order valence-electron chi connectivity index (χ4n) is 2.02. The van der Waals surface area contributed by atoms with E-state index in [4.69, 9.17) is 0 Å². The molecule has 0 aromatic rings. The summed E-state index contributed by atoms with van der Waals surface area (Å²) >= 11 is 0. The van der Waals surface area contributed by atoms with Crippen LogP contribution < -0.4 is 5.32 Å². The normalized spacial score (nSPS) is 14.2. The summed E-state index contributed by atoms with van der Waals surface area (Å²) in [6.07, 6.45) is 1.24. The molecule has 0 aliphatic rings. The Morgan fingerprint density at radius 1 is 0.895 bits per heavy atom. The Morgan fingerprint density at radius 3 is 1.63 bits per heavy atom. The van der Waals surface area contributed by atoms with E-state index < -0.39 is 0 Å². The van der Waals surface area contributed by atoms with Gasteiger partial charge in [-0.2, -0.15) is 0 Å². The average Bonchev–Trinajstić information content (AvgIpc) is 2.10. The lowest BCUT2D eigenvalue weighted by Gasteiger charge is -2.46. The van der Waals surface area contributed by atoms with Gasteiger partial charge >= 0.3 is 0 Å². The minimum absolute atomic E-state index is 0.0749. The first-order valence-electron chi connectivity index (χ1n) is 7.56. The molecular formula is C17H36BN. The first kappa shape index (κ1) is 18.6. The van der Waals surface area contributed by atoms with Crippen LogP contribution in [0.5, 0.6) is 0 Å². The summed E-state index contributed by atoms with van der Waals surface area (Å²) in [5, 5.41) is 3.80. The largest absolute Gasteiger partial charge is 0.384 e. The van der Waals surface area contributed by atoms with Crippen molar-refractivity contribution in [3.63, 3.8) is 0 Å². The Kier molecular flexibility index (Phi) is 5.42. The summed E-state index contributed by atoms with van der Waals surface area (Å²) in [7, 11) is 1.22. The summed E-state index contributed by atoms with van der Waals surface area (Å²) in [5.41, 5.74) is 1.70. The lowest BCUT2D eigenvalue weighted by atomic mass is 9.40. The van der Waals surface area contributed by atoms with Crippen LogP contribution in [0.4, 0.5) is 0 Å². The molecule has 0 amide bonds. The number of hydrogen-bond acceptors (Lipinski definition) is 1. The number of allylic oxidation sites excluding steroid dienone is 1. The molecule has 2 heteroatoms. The van der Waals surface area contributed by atoms with Crippen LogP contribution >= 0.6 is 0 Å². The van der Waals surface area contributed by atoms with Gasteiger partial charge in [-0.25, -0.2) is 0 Å². The molecule has 0 saturated heterocycles. The molecule has 0 saturated carbocycles. The van der Waals surface area contributed by atoms with E-state index in [1.54, 1.807) is 0 Å². The molecule has 0 radical (unpaired) electrons. The molecule has 0 aromatic carbocycles. The SMILES string of the molecule is C=C(NC(C)(C)C)C(C)(C)C(C)(C)BCC(C)(C)C. The molecule has 1 N–H and O–H groups in total. The highest BCUT2D eigenvalue weighted by atomic mass is 15.0. The fraction of sp³-hybridized carbons (Fsp3) is 0.882. The quantitative estimate of drug-likeness (QED) is 0.689. The molecule has 0 aromatic heterocycles. The zero-order valence-electron chi connectivity index (χ0n) is 15.1. The molecule has 1 nitrogen and oxygen atoms in total. The van der Waals surface area contributed by atoms with Gasteiger partial charge in [0, 0.05) is 16.7 Å². The molecule has 0 heterocycles. The molecule has 0 atom stereocenters. The molecule has 0 unspecified atom stereocenters. The highest BCUT2D eigenvalue weighted by Gasteiger charge is 2.40. The lowest BCUT2D eigenvalue weighted by Crippen LogP contribution is -2.44. The third kappa shape index (κ3) is 6.06. The molecule has 0 spiro atoms. The van der Waals surface area contributed by atoms with E-state index in [9.17, 15) is 0 Å². The van der Waals surface area contributed by atoms with Crippen molar-refractivity contribution in [3.05, 3.63) is 12.3 Å². The van der Waals surface area contributed by atoms with Gasteiger partial charge in [0.2, 0.25) is 0 Å². The van der Waals surface area contributed by atoms with Crippen molar-refractivity contribution < 1.29 is 0 Å². The van der Waals surface area contributed by atoms with Crippen molar-refractivity contribution >= 4 is 7.28 Å². The zero-order valence-corrected chi connectivity index (χ0v) is 15.1. The molecule has 0 rings (SSSR count). The highest BCUT2D eigenvalue weighted by Crippen LogP contribution is 2.49. The Bertz CT molecular complexity index is 313. The summed E-state index contributed by atoms with van der Waals surface area (Å²) in [6.45, 7) is 27.2. The zero-order chi connectivity index (χ0) is 15.7. The predicted molar refractivity (Wildman–Crippen MR) is 91.3 cm³/mol. The van der Waals surface area contributed by atoms with Gasteiger partial charge in [0.05, 0.1) is 0 Å². The lowest BCUT2D eigenvalue weighted by molar-refractivity contribution is 0.281. The Hall–Kier alpha value is -0.395. The van der Waals surface area contributed by atoms with Crippen LogP contribution in [0.25, 0.3) is 0 Å². The van der Waals surface area contributed by atoms with Crippen LogP contribution in [0.1, 0.15) is 69.2 Å². The molecular weight excluding hydrogens is 229 g/mol. The Balaban J connectivity index is 4.91. The van der Waals surface area contributed by atoms with Crippen LogP contribution in [0.15, 0.2) is 12.3 Å². The number of rotatable bonds is 5. The molecule has 0 fully saturated rings. The topological polar surface area (TPSA) is 12.0 Å². The Morgan fingerprint density at radius 2 is 1.32 bits per heavy atom. The molecule has 0 bridgehead atoms. The summed E-state index contributed by atoms with van der Waals surface area (Å²) in [4.78, 5) is 0. The maximum Gasteiger partial charge on any atom is 0.129 e. The van der Waals surface area contributed by atoms with Crippen molar-refractivity contribution in [3.8, 4) is 0 Å². The van der Waals surface area contributed by atoms with Gasteiger partial charge in [0.1, 0.15) is 7.28 Å². The van der Waals surface area contributed by atoms with E-state index in [0.29, 0.717) is 5.41 Å². The fourth-order valence-corrected chi connectivity index (χ4v) is 2.02. The van der Waals surface area contributed by atoms with Gasteiger partial charge in [-0.05, 0) is 31.5 Å². The standard InChI is InChI=1S/C17H36BN/c1-13(19-15(5,6)7)16(8,9)17(10,11)18-12-14(2,3)4/h18-19H,1,12H2,2-11H3. The van der Waals surface area contributed by atoms with E-state index in [0.717, 1.165) is 5.70 Å². The number of nitrogens with one attached hydrogen (secondary N) is 1. The van der Waals surface area contributed by atoms with Gasteiger partial charge in [0.25, 0.3) is 0 Å². The van der Waals surface area contributed by atoms with Gasteiger partial charge in [-0.1, -0.05) is 61.4 Å². The van der Waals surface area contributed by atoms with E-state index in [2.05, 4.69) is 81.1 Å². The van der Waals surface area contributed by atoms with Crippen molar-refractivity contribution in [1.29, 1.82) is 0 Å². The van der Waals surface area contributed by atoms with Crippen molar-refractivity contribution in [1.82, 2.24) is 5.32 Å². The first-order valence-corrected chi connectivity index (χ1v) is 7.56. The highest BCUT2D eigenvalue weighted by molar-refractivity contribution is 6.40.